The third kappa shape index (κ3) is 7.01. The van der Waals surface area contributed by atoms with E-state index in [4.69, 9.17) is 14.2 Å². The van der Waals surface area contributed by atoms with Crippen LogP contribution in [-0.4, -0.2) is 45.3 Å². The maximum Gasteiger partial charge on any atom is 0.309 e. The molecular weight excluding hydrogens is 324 g/mol. The van der Waals surface area contributed by atoms with Gasteiger partial charge in [-0.25, -0.2) is 0 Å². The first kappa shape index (κ1) is 20.8. The van der Waals surface area contributed by atoms with Gasteiger partial charge in [0.25, 0.3) is 0 Å². The number of amides is 2. The van der Waals surface area contributed by atoms with E-state index in [9.17, 15) is 9.59 Å². The van der Waals surface area contributed by atoms with Gasteiger partial charge in [0, 0.05) is 13.2 Å². The summed E-state index contributed by atoms with van der Waals surface area (Å²) >= 11 is 0. The largest absolute Gasteiger partial charge is 0.493 e. The molecule has 0 aromatic heterocycles. The SMILES string of the molecule is COc1ccc(C(C)NC(=O)C(=O)NCCCOC(C)C)cc1OC. The normalized spacial score (nSPS) is 11.8. The van der Waals surface area contributed by atoms with Crippen LogP contribution in [0.5, 0.6) is 11.5 Å². The highest BCUT2D eigenvalue weighted by atomic mass is 16.5. The number of carbonyl (C=O) groups is 2. The minimum atomic E-state index is -0.674. The average Bonchev–Trinajstić information content (AvgIpc) is 2.60. The molecule has 0 aliphatic carbocycles. The van der Waals surface area contributed by atoms with Crippen LogP contribution in [0.1, 0.15) is 38.8 Å². The number of ether oxygens (including phenoxy) is 3. The van der Waals surface area contributed by atoms with E-state index in [2.05, 4.69) is 10.6 Å². The van der Waals surface area contributed by atoms with Crippen LogP contribution in [0, 0.1) is 0 Å². The predicted molar refractivity (Wildman–Crippen MR) is 94.8 cm³/mol. The number of hydrogen-bond acceptors (Lipinski definition) is 5. The molecule has 2 amide bonds. The van der Waals surface area contributed by atoms with Crippen molar-refractivity contribution < 1.29 is 23.8 Å². The fraction of sp³-hybridized carbons (Fsp3) is 0.556. The van der Waals surface area contributed by atoms with E-state index in [-0.39, 0.29) is 12.1 Å². The quantitative estimate of drug-likeness (QED) is 0.523. The first-order valence-corrected chi connectivity index (χ1v) is 8.31. The molecule has 0 bridgehead atoms. The summed E-state index contributed by atoms with van der Waals surface area (Å²) < 4.78 is 15.8. The van der Waals surface area contributed by atoms with Crippen molar-refractivity contribution in [1.29, 1.82) is 0 Å². The Hall–Kier alpha value is -2.28. The molecule has 7 heteroatoms. The molecule has 1 aromatic rings. The fourth-order valence-corrected chi connectivity index (χ4v) is 2.14. The van der Waals surface area contributed by atoms with Crippen molar-refractivity contribution in [1.82, 2.24) is 10.6 Å². The van der Waals surface area contributed by atoms with Gasteiger partial charge in [0.2, 0.25) is 0 Å². The second-order valence-electron chi connectivity index (χ2n) is 5.84. The van der Waals surface area contributed by atoms with Crippen molar-refractivity contribution in [3.8, 4) is 11.5 Å². The van der Waals surface area contributed by atoms with Crippen LogP contribution in [-0.2, 0) is 14.3 Å². The first-order valence-electron chi connectivity index (χ1n) is 8.31. The highest BCUT2D eigenvalue weighted by Crippen LogP contribution is 2.29. The molecule has 25 heavy (non-hydrogen) atoms. The zero-order valence-electron chi connectivity index (χ0n) is 15.5. The Morgan fingerprint density at radius 1 is 1.04 bits per heavy atom. The second-order valence-corrected chi connectivity index (χ2v) is 5.84. The van der Waals surface area contributed by atoms with Crippen LogP contribution in [0.3, 0.4) is 0 Å². The molecule has 140 valence electrons. The minimum Gasteiger partial charge on any atom is -0.493 e. The van der Waals surface area contributed by atoms with Gasteiger partial charge in [0.1, 0.15) is 0 Å². The van der Waals surface area contributed by atoms with Gasteiger partial charge in [-0.3, -0.25) is 9.59 Å². The van der Waals surface area contributed by atoms with E-state index in [0.29, 0.717) is 31.1 Å². The van der Waals surface area contributed by atoms with Crippen LogP contribution < -0.4 is 20.1 Å². The smallest absolute Gasteiger partial charge is 0.309 e. The highest BCUT2D eigenvalue weighted by Gasteiger charge is 2.17. The molecule has 1 aromatic carbocycles. The molecule has 0 aliphatic heterocycles. The Kier molecular flexibility index (Phi) is 8.77. The molecule has 1 atom stereocenters. The molecule has 0 saturated carbocycles. The van der Waals surface area contributed by atoms with E-state index in [0.717, 1.165) is 5.56 Å². The molecule has 0 spiro atoms. The van der Waals surface area contributed by atoms with E-state index in [1.807, 2.05) is 19.9 Å². The summed E-state index contributed by atoms with van der Waals surface area (Å²) in [7, 11) is 3.10. The van der Waals surface area contributed by atoms with Gasteiger partial charge in [-0.15, -0.1) is 0 Å². The molecule has 0 saturated heterocycles. The van der Waals surface area contributed by atoms with Gasteiger partial charge in [-0.1, -0.05) is 6.07 Å². The zero-order valence-corrected chi connectivity index (χ0v) is 15.5. The third-order valence-electron chi connectivity index (χ3n) is 3.52. The Bertz CT molecular complexity index is 575. The molecule has 0 fully saturated rings. The van der Waals surface area contributed by atoms with Gasteiger partial charge in [0.15, 0.2) is 11.5 Å². The Morgan fingerprint density at radius 2 is 1.72 bits per heavy atom. The number of rotatable bonds is 9. The molecular formula is C18H28N2O5. The number of nitrogens with one attached hydrogen (secondary N) is 2. The predicted octanol–water partition coefficient (Wildman–Crippen LogP) is 1.81. The summed E-state index contributed by atoms with van der Waals surface area (Å²) in [6.07, 6.45) is 0.809. The molecule has 7 nitrogen and oxygen atoms in total. The average molecular weight is 352 g/mol. The zero-order chi connectivity index (χ0) is 18.8. The third-order valence-corrected chi connectivity index (χ3v) is 3.52. The number of benzene rings is 1. The minimum absolute atomic E-state index is 0.154. The Balaban J connectivity index is 2.48. The van der Waals surface area contributed by atoms with Crippen LogP contribution in [0.4, 0.5) is 0 Å². The molecule has 0 radical (unpaired) electrons. The monoisotopic (exact) mass is 352 g/mol. The van der Waals surface area contributed by atoms with E-state index >= 15 is 0 Å². The first-order chi connectivity index (χ1) is 11.9. The molecule has 0 aliphatic rings. The van der Waals surface area contributed by atoms with Crippen LogP contribution >= 0.6 is 0 Å². The van der Waals surface area contributed by atoms with E-state index in [1.54, 1.807) is 33.3 Å². The van der Waals surface area contributed by atoms with Gasteiger partial charge in [-0.05, 0) is 44.9 Å². The van der Waals surface area contributed by atoms with E-state index in [1.165, 1.54) is 0 Å². The van der Waals surface area contributed by atoms with Crippen LogP contribution in [0.25, 0.3) is 0 Å². The Labute approximate surface area is 149 Å². The van der Waals surface area contributed by atoms with E-state index < -0.39 is 11.8 Å². The maximum absolute atomic E-state index is 12.0. The summed E-state index contributed by atoms with van der Waals surface area (Å²) in [6.45, 7) is 6.62. The fourth-order valence-electron chi connectivity index (χ4n) is 2.14. The van der Waals surface area contributed by atoms with Gasteiger partial charge >= 0.3 is 11.8 Å². The summed E-state index contributed by atoms with van der Waals surface area (Å²) in [5.74, 6) is -0.161. The van der Waals surface area contributed by atoms with Crippen molar-refractivity contribution in [2.45, 2.75) is 39.3 Å². The van der Waals surface area contributed by atoms with Crippen molar-refractivity contribution in [3.05, 3.63) is 23.8 Å². The van der Waals surface area contributed by atoms with Crippen molar-refractivity contribution in [2.75, 3.05) is 27.4 Å². The van der Waals surface area contributed by atoms with Crippen molar-refractivity contribution in [3.63, 3.8) is 0 Å². The lowest BCUT2D eigenvalue weighted by atomic mass is 10.1. The molecule has 2 N–H and O–H groups in total. The van der Waals surface area contributed by atoms with Crippen LogP contribution in [0.2, 0.25) is 0 Å². The number of carbonyl (C=O) groups excluding carboxylic acids is 2. The van der Waals surface area contributed by atoms with Gasteiger partial charge in [-0.2, -0.15) is 0 Å². The summed E-state index contributed by atoms with van der Waals surface area (Å²) in [4.78, 5) is 23.8. The standard InChI is InChI=1S/C18H28N2O5/c1-12(2)25-10-6-9-19-17(21)18(22)20-13(3)14-7-8-15(23-4)16(11-14)24-5/h7-8,11-13H,6,9-10H2,1-5H3,(H,19,21)(H,20,22). The molecule has 1 rings (SSSR count). The Morgan fingerprint density at radius 3 is 2.32 bits per heavy atom. The summed E-state index contributed by atoms with van der Waals surface area (Å²) in [5.41, 5.74) is 0.809. The molecule has 0 heterocycles. The second kappa shape index (κ2) is 10.6. The lowest BCUT2D eigenvalue weighted by molar-refractivity contribution is -0.139. The lowest BCUT2D eigenvalue weighted by Gasteiger charge is -2.16. The van der Waals surface area contributed by atoms with Gasteiger partial charge < -0.3 is 24.8 Å². The molecule has 1 unspecified atom stereocenters. The van der Waals surface area contributed by atoms with Crippen molar-refractivity contribution in [2.24, 2.45) is 0 Å². The maximum atomic E-state index is 12.0. The van der Waals surface area contributed by atoms with Gasteiger partial charge in [0.05, 0.1) is 26.4 Å². The lowest BCUT2D eigenvalue weighted by Crippen LogP contribution is -2.41. The number of hydrogen-bond donors (Lipinski definition) is 2. The topological polar surface area (TPSA) is 85.9 Å². The van der Waals surface area contributed by atoms with Crippen molar-refractivity contribution >= 4 is 11.8 Å². The summed E-state index contributed by atoms with van der Waals surface area (Å²) in [5, 5.41) is 5.24. The van der Waals surface area contributed by atoms with Crippen LogP contribution in [0.15, 0.2) is 18.2 Å². The number of methoxy groups -OCH3 is 2. The highest BCUT2D eigenvalue weighted by molar-refractivity contribution is 6.35. The summed E-state index contributed by atoms with van der Waals surface area (Å²) in [6, 6.07) is 4.99.